The topological polar surface area (TPSA) is 107 Å². The van der Waals surface area contributed by atoms with Crippen LogP contribution in [0.3, 0.4) is 0 Å². The van der Waals surface area contributed by atoms with Crippen molar-refractivity contribution in [1.29, 1.82) is 10.7 Å². The van der Waals surface area contributed by atoms with Crippen LogP contribution >= 0.6 is 0 Å². The molecule has 1 saturated heterocycles. The Morgan fingerprint density at radius 3 is 2.50 bits per heavy atom. The standard InChI is InChI=1S/C24H23N5O3/c1-30-18-8-4-16(5-9-18)22-21-20(19(14-25)23(26)32-24(21)28-27-22)15-2-6-17(7-3-15)29-10-12-31-13-11-29/h2-9,19-20,26H,10-13H2,1H3,(H,27,28). The van der Waals surface area contributed by atoms with Crippen LogP contribution in [0.15, 0.2) is 48.5 Å². The number of anilines is 1. The van der Waals surface area contributed by atoms with Gasteiger partial charge in [0, 0.05) is 30.3 Å². The van der Waals surface area contributed by atoms with E-state index in [4.69, 9.17) is 19.6 Å². The van der Waals surface area contributed by atoms with Crippen molar-refractivity contribution >= 4 is 11.6 Å². The fourth-order valence-corrected chi connectivity index (χ4v) is 4.37. The summed E-state index contributed by atoms with van der Waals surface area (Å²) in [6.45, 7) is 3.16. The Balaban J connectivity index is 1.56. The molecule has 8 heteroatoms. The second-order valence-corrected chi connectivity index (χ2v) is 7.79. The Bertz CT molecular complexity index is 1160. The lowest BCUT2D eigenvalue weighted by Crippen LogP contribution is -2.36. The van der Waals surface area contributed by atoms with Crippen LogP contribution in [0.5, 0.6) is 11.6 Å². The van der Waals surface area contributed by atoms with E-state index < -0.39 is 5.92 Å². The fourth-order valence-electron chi connectivity index (χ4n) is 4.37. The van der Waals surface area contributed by atoms with Gasteiger partial charge in [0.15, 0.2) is 0 Å². The number of hydrogen-bond donors (Lipinski definition) is 2. The van der Waals surface area contributed by atoms with E-state index in [2.05, 4.69) is 33.3 Å². The van der Waals surface area contributed by atoms with Crippen molar-refractivity contribution < 1.29 is 14.2 Å². The molecule has 162 valence electrons. The molecular formula is C24H23N5O3. The summed E-state index contributed by atoms with van der Waals surface area (Å²) in [6.07, 6.45) is 0. The molecule has 3 aromatic rings. The molecular weight excluding hydrogens is 406 g/mol. The monoisotopic (exact) mass is 429 g/mol. The van der Waals surface area contributed by atoms with Gasteiger partial charge in [0.25, 0.3) is 0 Å². The zero-order valence-corrected chi connectivity index (χ0v) is 17.7. The molecule has 0 bridgehead atoms. The van der Waals surface area contributed by atoms with Gasteiger partial charge in [-0.15, -0.1) is 5.10 Å². The molecule has 2 unspecified atom stereocenters. The van der Waals surface area contributed by atoms with Crippen LogP contribution in [0.2, 0.25) is 0 Å². The number of nitrogens with one attached hydrogen (secondary N) is 2. The number of ether oxygens (including phenoxy) is 3. The minimum atomic E-state index is -0.744. The van der Waals surface area contributed by atoms with Crippen molar-refractivity contribution in [3.05, 3.63) is 59.7 Å². The number of nitriles is 1. The van der Waals surface area contributed by atoms with Gasteiger partial charge in [-0.2, -0.15) is 5.26 Å². The summed E-state index contributed by atoms with van der Waals surface area (Å²) in [5.74, 6) is -0.105. The number of methoxy groups -OCH3 is 1. The lowest BCUT2D eigenvalue weighted by Gasteiger charge is -2.30. The lowest BCUT2D eigenvalue weighted by atomic mass is 9.79. The molecule has 2 atom stereocenters. The van der Waals surface area contributed by atoms with E-state index in [1.165, 1.54) is 0 Å². The number of aromatic nitrogens is 2. The first-order valence-electron chi connectivity index (χ1n) is 10.5. The van der Waals surface area contributed by atoms with Crippen LogP contribution in [-0.2, 0) is 4.74 Å². The van der Waals surface area contributed by atoms with Crippen LogP contribution in [0, 0.1) is 22.7 Å². The van der Waals surface area contributed by atoms with Gasteiger partial charge in [0.1, 0.15) is 11.7 Å². The van der Waals surface area contributed by atoms with Gasteiger partial charge < -0.3 is 19.1 Å². The van der Waals surface area contributed by atoms with Crippen LogP contribution in [0.4, 0.5) is 5.69 Å². The Labute approximate surface area is 185 Å². The highest BCUT2D eigenvalue weighted by Crippen LogP contribution is 2.46. The van der Waals surface area contributed by atoms with E-state index in [9.17, 15) is 5.26 Å². The van der Waals surface area contributed by atoms with E-state index >= 15 is 0 Å². The molecule has 0 aliphatic carbocycles. The summed E-state index contributed by atoms with van der Waals surface area (Å²) in [5.41, 5.74) is 4.53. The van der Waals surface area contributed by atoms with Crippen molar-refractivity contribution in [3.63, 3.8) is 0 Å². The zero-order chi connectivity index (χ0) is 22.1. The van der Waals surface area contributed by atoms with E-state index in [1.807, 2.05) is 36.4 Å². The number of hydrogen-bond acceptors (Lipinski definition) is 7. The number of aromatic amines is 1. The Morgan fingerprint density at radius 2 is 1.84 bits per heavy atom. The molecule has 8 nitrogen and oxygen atoms in total. The Morgan fingerprint density at radius 1 is 1.12 bits per heavy atom. The summed E-state index contributed by atoms with van der Waals surface area (Å²) in [7, 11) is 1.63. The van der Waals surface area contributed by atoms with Crippen molar-refractivity contribution in [2.24, 2.45) is 5.92 Å². The van der Waals surface area contributed by atoms with Crippen molar-refractivity contribution in [2.45, 2.75) is 5.92 Å². The van der Waals surface area contributed by atoms with Crippen molar-refractivity contribution in [3.8, 4) is 29.0 Å². The molecule has 0 amide bonds. The van der Waals surface area contributed by atoms with Crippen molar-refractivity contribution in [2.75, 3.05) is 38.3 Å². The zero-order valence-electron chi connectivity index (χ0n) is 17.7. The van der Waals surface area contributed by atoms with Gasteiger partial charge in [-0.3, -0.25) is 10.5 Å². The minimum Gasteiger partial charge on any atom is -0.497 e. The third kappa shape index (κ3) is 3.47. The number of rotatable bonds is 4. The Hall–Kier alpha value is -3.83. The largest absolute Gasteiger partial charge is 0.497 e. The molecule has 2 aliphatic rings. The molecule has 0 spiro atoms. The predicted molar refractivity (Wildman–Crippen MR) is 119 cm³/mol. The number of fused-ring (bicyclic) bond motifs is 1. The number of morpholine rings is 1. The predicted octanol–water partition coefficient (Wildman–Crippen LogP) is 3.56. The van der Waals surface area contributed by atoms with Gasteiger partial charge in [0.2, 0.25) is 11.8 Å². The first kappa shape index (κ1) is 20.1. The van der Waals surface area contributed by atoms with Crippen LogP contribution in [0.1, 0.15) is 17.0 Å². The fraction of sp³-hybridized carbons (Fsp3) is 0.292. The molecule has 2 aromatic carbocycles. The van der Waals surface area contributed by atoms with Gasteiger partial charge in [-0.05, 0) is 42.0 Å². The second-order valence-electron chi connectivity index (χ2n) is 7.79. The SMILES string of the molecule is COc1ccc(-c2[nH]nc3c2C(c2ccc(N4CCOCC4)cc2)C(C#N)C(=N)O3)cc1. The highest BCUT2D eigenvalue weighted by Gasteiger charge is 2.40. The van der Waals surface area contributed by atoms with Crippen LogP contribution in [-0.4, -0.2) is 49.5 Å². The van der Waals surface area contributed by atoms with E-state index in [-0.39, 0.29) is 11.8 Å². The third-order valence-corrected chi connectivity index (χ3v) is 6.05. The molecule has 5 rings (SSSR count). The third-order valence-electron chi connectivity index (χ3n) is 6.05. The van der Waals surface area contributed by atoms with E-state index in [0.29, 0.717) is 5.88 Å². The maximum absolute atomic E-state index is 9.90. The quantitative estimate of drug-likeness (QED) is 0.657. The molecule has 0 saturated carbocycles. The summed E-state index contributed by atoms with van der Waals surface area (Å²) in [6, 6.07) is 18.1. The number of nitrogens with zero attached hydrogens (tertiary/aromatic N) is 3. The molecule has 2 N–H and O–H groups in total. The highest BCUT2D eigenvalue weighted by molar-refractivity contribution is 5.86. The van der Waals surface area contributed by atoms with Crippen LogP contribution in [0.25, 0.3) is 11.3 Å². The molecule has 1 fully saturated rings. The summed E-state index contributed by atoms with van der Waals surface area (Å²) in [4.78, 5) is 2.28. The maximum Gasteiger partial charge on any atom is 0.244 e. The lowest BCUT2D eigenvalue weighted by molar-refractivity contribution is 0.122. The van der Waals surface area contributed by atoms with E-state index in [1.54, 1.807) is 7.11 Å². The average Bonchev–Trinajstić information content (AvgIpc) is 3.27. The highest BCUT2D eigenvalue weighted by atomic mass is 16.5. The maximum atomic E-state index is 9.90. The normalized spacial score (nSPS) is 20.2. The van der Waals surface area contributed by atoms with Gasteiger partial charge in [0.05, 0.1) is 37.7 Å². The first-order chi connectivity index (χ1) is 15.7. The summed E-state index contributed by atoms with van der Waals surface area (Å²) < 4.78 is 16.3. The molecule has 3 heterocycles. The average molecular weight is 429 g/mol. The van der Waals surface area contributed by atoms with E-state index in [0.717, 1.165) is 60.1 Å². The summed E-state index contributed by atoms with van der Waals surface area (Å²) in [5, 5.41) is 25.6. The smallest absolute Gasteiger partial charge is 0.244 e. The number of benzene rings is 2. The minimum absolute atomic E-state index is 0.0879. The molecule has 32 heavy (non-hydrogen) atoms. The molecule has 2 aliphatic heterocycles. The number of H-pyrrole nitrogens is 1. The van der Waals surface area contributed by atoms with Gasteiger partial charge in [-0.25, -0.2) is 0 Å². The van der Waals surface area contributed by atoms with Gasteiger partial charge >= 0.3 is 0 Å². The van der Waals surface area contributed by atoms with Crippen molar-refractivity contribution in [1.82, 2.24) is 10.2 Å². The van der Waals surface area contributed by atoms with Gasteiger partial charge in [-0.1, -0.05) is 12.1 Å². The molecule has 1 aromatic heterocycles. The van der Waals surface area contributed by atoms with Crippen LogP contribution < -0.4 is 14.4 Å². The second kappa shape index (κ2) is 8.36. The Kier molecular flexibility index (Phi) is 5.25. The first-order valence-corrected chi connectivity index (χ1v) is 10.5. The summed E-state index contributed by atoms with van der Waals surface area (Å²) >= 11 is 0. The molecule has 0 radical (unpaired) electrons.